The molecule has 1 N–H and O–H groups in total. The molecule has 0 aromatic heterocycles. The Morgan fingerprint density at radius 3 is 2.75 bits per heavy atom. The fraction of sp³-hybridized carbons (Fsp3) is 0.571. The lowest BCUT2D eigenvalue weighted by Crippen LogP contribution is -2.14. The Morgan fingerprint density at radius 1 is 1.25 bits per heavy atom. The van der Waals surface area contributed by atoms with Gasteiger partial charge < -0.3 is 5.32 Å². The second-order valence-corrected chi connectivity index (χ2v) is 4.84. The number of rotatable bonds is 7. The monoisotopic (exact) mass is 239 g/mol. The third-order valence-corrected chi connectivity index (χ3v) is 2.96. The first-order valence-corrected chi connectivity index (χ1v) is 6.62. The Bertz CT molecular complexity index is 299. The van der Waals surface area contributed by atoms with Crippen molar-refractivity contribution < 1.29 is 0 Å². The molecule has 1 rings (SSSR count). The van der Waals surface area contributed by atoms with Crippen LogP contribution in [0.25, 0.3) is 0 Å². The van der Waals surface area contributed by atoms with Gasteiger partial charge >= 0.3 is 0 Å². The molecule has 0 aliphatic carbocycles. The molecule has 1 aromatic carbocycles. The summed E-state index contributed by atoms with van der Waals surface area (Å²) in [5, 5.41) is 4.27. The normalized spacial score (nSPS) is 12.4. The van der Waals surface area contributed by atoms with Crippen LogP contribution in [0.1, 0.15) is 46.0 Å². The van der Waals surface area contributed by atoms with Crippen molar-refractivity contribution in [3.8, 4) is 0 Å². The van der Waals surface area contributed by atoms with Crippen molar-refractivity contribution in [3.63, 3.8) is 0 Å². The lowest BCUT2D eigenvalue weighted by Gasteiger charge is -2.15. The zero-order valence-electron chi connectivity index (χ0n) is 10.3. The minimum Gasteiger partial charge on any atom is -0.383 e. The molecule has 0 radical (unpaired) electrons. The molecule has 0 amide bonds. The Balaban J connectivity index is 2.25. The van der Waals surface area contributed by atoms with Crippen molar-refractivity contribution in [1.29, 1.82) is 0 Å². The van der Waals surface area contributed by atoms with Crippen LogP contribution in [0, 0.1) is 0 Å². The third-order valence-electron chi connectivity index (χ3n) is 2.73. The summed E-state index contributed by atoms with van der Waals surface area (Å²) in [5.74, 6) is 0. The van der Waals surface area contributed by atoms with Crippen LogP contribution in [0.15, 0.2) is 24.3 Å². The van der Waals surface area contributed by atoms with E-state index in [-0.39, 0.29) is 0 Å². The maximum Gasteiger partial charge on any atom is 0.0426 e. The van der Waals surface area contributed by atoms with E-state index in [0.717, 1.165) is 10.7 Å². The van der Waals surface area contributed by atoms with Gasteiger partial charge in [-0.15, -0.1) is 0 Å². The highest BCUT2D eigenvalue weighted by Crippen LogP contribution is 2.17. The van der Waals surface area contributed by atoms with E-state index in [9.17, 15) is 0 Å². The molecular weight excluding hydrogens is 218 g/mol. The van der Waals surface area contributed by atoms with E-state index in [1.165, 1.54) is 32.1 Å². The van der Waals surface area contributed by atoms with Crippen LogP contribution in [0.5, 0.6) is 0 Å². The molecule has 90 valence electrons. The summed E-state index contributed by atoms with van der Waals surface area (Å²) in [6.45, 7) is 4.47. The largest absolute Gasteiger partial charge is 0.383 e. The van der Waals surface area contributed by atoms with E-state index in [1.54, 1.807) is 0 Å². The molecule has 0 spiro atoms. The molecule has 2 heteroatoms. The molecule has 0 aliphatic rings. The molecule has 1 nitrogen and oxygen atoms in total. The van der Waals surface area contributed by atoms with Crippen molar-refractivity contribution in [2.45, 2.75) is 52.0 Å². The molecular formula is C14H22ClN. The van der Waals surface area contributed by atoms with Gasteiger partial charge in [0.05, 0.1) is 0 Å². The Labute approximate surface area is 104 Å². The van der Waals surface area contributed by atoms with Crippen LogP contribution >= 0.6 is 11.6 Å². The highest BCUT2D eigenvalue weighted by Gasteiger charge is 2.01. The Morgan fingerprint density at radius 2 is 2.06 bits per heavy atom. The SMILES string of the molecule is CCCCCCC(C)Nc1cccc(Cl)c1. The summed E-state index contributed by atoms with van der Waals surface area (Å²) in [7, 11) is 0. The van der Waals surface area contributed by atoms with Gasteiger partial charge in [-0.05, 0) is 31.5 Å². The number of nitrogens with one attached hydrogen (secondary N) is 1. The topological polar surface area (TPSA) is 12.0 Å². The fourth-order valence-electron chi connectivity index (χ4n) is 1.81. The summed E-state index contributed by atoms with van der Waals surface area (Å²) in [6, 6.07) is 8.45. The maximum atomic E-state index is 5.93. The quantitative estimate of drug-likeness (QED) is 0.652. The second kappa shape index (κ2) is 7.56. The number of benzene rings is 1. The summed E-state index contributed by atoms with van der Waals surface area (Å²) in [4.78, 5) is 0. The van der Waals surface area contributed by atoms with E-state index in [1.807, 2.05) is 18.2 Å². The van der Waals surface area contributed by atoms with Gasteiger partial charge in [0.1, 0.15) is 0 Å². The van der Waals surface area contributed by atoms with Crippen molar-refractivity contribution in [2.24, 2.45) is 0 Å². The summed E-state index contributed by atoms with van der Waals surface area (Å²) in [6.07, 6.45) is 6.53. The van der Waals surface area contributed by atoms with Crippen molar-refractivity contribution in [1.82, 2.24) is 0 Å². The predicted molar refractivity (Wildman–Crippen MR) is 73.3 cm³/mol. The van der Waals surface area contributed by atoms with E-state index in [2.05, 4.69) is 25.2 Å². The zero-order chi connectivity index (χ0) is 11.8. The number of halogens is 1. The summed E-state index contributed by atoms with van der Waals surface area (Å²) < 4.78 is 0. The molecule has 1 atom stereocenters. The van der Waals surface area contributed by atoms with Gasteiger partial charge in [0.2, 0.25) is 0 Å². The zero-order valence-corrected chi connectivity index (χ0v) is 11.1. The van der Waals surface area contributed by atoms with Crippen LogP contribution in [-0.4, -0.2) is 6.04 Å². The first-order chi connectivity index (χ1) is 7.72. The first kappa shape index (κ1) is 13.4. The highest BCUT2D eigenvalue weighted by molar-refractivity contribution is 6.30. The standard InChI is InChI=1S/C14H22ClN/c1-3-4-5-6-8-12(2)16-14-10-7-9-13(15)11-14/h7,9-12,16H,3-6,8H2,1-2H3. The van der Waals surface area contributed by atoms with Gasteiger partial charge in [0, 0.05) is 16.8 Å². The van der Waals surface area contributed by atoms with E-state index >= 15 is 0 Å². The molecule has 0 fully saturated rings. The third kappa shape index (κ3) is 5.41. The summed E-state index contributed by atoms with van der Waals surface area (Å²) >= 11 is 5.93. The molecule has 1 aromatic rings. The van der Waals surface area contributed by atoms with Gasteiger partial charge in [-0.1, -0.05) is 50.3 Å². The Kier molecular flexibility index (Phi) is 6.32. The van der Waals surface area contributed by atoms with Crippen molar-refractivity contribution in [3.05, 3.63) is 29.3 Å². The van der Waals surface area contributed by atoms with Crippen LogP contribution in [-0.2, 0) is 0 Å². The minimum atomic E-state index is 0.523. The van der Waals surface area contributed by atoms with Crippen LogP contribution in [0.2, 0.25) is 5.02 Å². The number of hydrogen-bond acceptors (Lipinski definition) is 1. The molecule has 0 saturated carbocycles. The van der Waals surface area contributed by atoms with Gasteiger partial charge in [-0.25, -0.2) is 0 Å². The molecule has 16 heavy (non-hydrogen) atoms. The van der Waals surface area contributed by atoms with Gasteiger partial charge in [-0.2, -0.15) is 0 Å². The molecule has 0 bridgehead atoms. The maximum absolute atomic E-state index is 5.93. The average molecular weight is 240 g/mol. The highest BCUT2D eigenvalue weighted by atomic mass is 35.5. The van der Waals surface area contributed by atoms with E-state index in [4.69, 9.17) is 11.6 Å². The second-order valence-electron chi connectivity index (χ2n) is 4.41. The van der Waals surface area contributed by atoms with Crippen LogP contribution < -0.4 is 5.32 Å². The van der Waals surface area contributed by atoms with Gasteiger partial charge in [0.15, 0.2) is 0 Å². The fourth-order valence-corrected chi connectivity index (χ4v) is 2.00. The predicted octanol–water partition coefficient (Wildman–Crippen LogP) is 5.11. The minimum absolute atomic E-state index is 0.523. The summed E-state index contributed by atoms with van der Waals surface area (Å²) in [5.41, 5.74) is 1.12. The van der Waals surface area contributed by atoms with Crippen LogP contribution in [0.4, 0.5) is 5.69 Å². The van der Waals surface area contributed by atoms with Gasteiger partial charge in [0.25, 0.3) is 0 Å². The number of hydrogen-bond donors (Lipinski definition) is 1. The molecule has 1 unspecified atom stereocenters. The van der Waals surface area contributed by atoms with Gasteiger partial charge in [-0.3, -0.25) is 0 Å². The average Bonchev–Trinajstić information content (AvgIpc) is 2.24. The number of anilines is 1. The first-order valence-electron chi connectivity index (χ1n) is 6.24. The van der Waals surface area contributed by atoms with Crippen LogP contribution in [0.3, 0.4) is 0 Å². The Hall–Kier alpha value is -0.690. The smallest absolute Gasteiger partial charge is 0.0426 e. The molecule has 0 aliphatic heterocycles. The molecule has 0 heterocycles. The van der Waals surface area contributed by atoms with Crippen molar-refractivity contribution in [2.75, 3.05) is 5.32 Å². The lowest BCUT2D eigenvalue weighted by atomic mass is 10.1. The van der Waals surface area contributed by atoms with Crippen molar-refractivity contribution >= 4 is 17.3 Å². The van der Waals surface area contributed by atoms with E-state index in [0.29, 0.717) is 6.04 Å². The lowest BCUT2D eigenvalue weighted by molar-refractivity contribution is 0.594. The van der Waals surface area contributed by atoms with E-state index < -0.39 is 0 Å². The number of unbranched alkanes of at least 4 members (excludes halogenated alkanes) is 3. The molecule has 0 saturated heterocycles.